The summed E-state index contributed by atoms with van der Waals surface area (Å²) in [6.45, 7) is 0.556. The molecule has 1 heterocycles. The van der Waals surface area contributed by atoms with E-state index in [0.717, 1.165) is 11.8 Å². The molecule has 0 fully saturated rings. The number of aromatic nitrogens is 1. The molecule has 0 spiro atoms. The number of carboxylic acids is 1. The molecule has 1 aromatic heterocycles. The number of halogens is 1. The van der Waals surface area contributed by atoms with Crippen molar-refractivity contribution < 1.29 is 14.3 Å². The lowest BCUT2D eigenvalue weighted by molar-refractivity contribution is 0.0692. The maximum atomic E-state index is 13.6. The number of hydrogen-bond acceptors (Lipinski definition) is 3. The average Bonchev–Trinajstić information content (AvgIpc) is 2.45. The first-order valence-electron chi connectivity index (χ1n) is 6.22. The lowest BCUT2D eigenvalue weighted by Crippen LogP contribution is -2.23. The van der Waals surface area contributed by atoms with Crippen molar-refractivity contribution in [2.45, 2.75) is 6.42 Å². The third-order valence-corrected chi connectivity index (χ3v) is 3.05. The van der Waals surface area contributed by atoms with Crippen molar-refractivity contribution in [1.29, 1.82) is 0 Å². The Morgan fingerprint density at radius 1 is 1.30 bits per heavy atom. The quantitative estimate of drug-likeness (QED) is 0.910. The minimum atomic E-state index is -1.26. The summed E-state index contributed by atoms with van der Waals surface area (Å²) >= 11 is 0. The first kappa shape index (κ1) is 14.0. The highest BCUT2D eigenvalue weighted by atomic mass is 19.1. The molecule has 0 aliphatic carbocycles. The second-order valence-electron chi connectivity index (χ2n) is 4.43. The van der Waals surface area contributed by atoms with E-state index in [4.69, 9.17) is 5.11 Å². The number of pyridine rings is 1. The van der Waals surface area contributed by atoms with Crippen molar-refractivity contribution in [1.82, 2.24) is 4.98 Å². The van der Waals surface area contributed by atoms with Gasteiger partial charge in [0.05, 0.1) is 5.69 Å². The van der Waals surface area contributed by atoms with Crippen LogP contribution in [0, 0.1) is 5.82 Å². The Kier molecular flexibility index (Phi) is 4.30. The van der Waals surface area contributed by atoms with Crippen LogP contribution in [0.3, 0.4) is 0 Å². The molecule has 0 aliphatic rings. The molecular formula is C15H15FN2O2. The zero-order valence-corrected chi connectivity index (χ0v) is 11.1. The summed E-state index contributed by atoms with van der Waals surface area (Å²) in [7, 11) is 1.74. The van der Waals surface area contributed by atoms with E-state index in [9.17, 15) is 9.18 Å². The first-order valence-corrected chi connectivity index (χ1v) is 6.22. The monoisotopic (exact) mass is 274 g/mol. The third-order valence-electron chi connectivity index (χ3n) is 3.05. The molecule has 0 saturated heterocycles. The number of likely N-dealkylation sites (N-methyl/N-ethyl adjacent to an activating group) is 1. The number of benzene rings is 1. The van der Waals surface area contributed by atoms with E-state index in [-0.39, 0.29) is 5.56 Å². The van der Waals surface area contributed by atoms with E-state index in [0.29, 0.717) is 18.7 Å². The van der Waals surface area contributed by atoms with Gasteiger partial charge in [-0.3, -0.25) is 4.98 Å². The molecule has 4 nitrogen and oxygen atoms in total. The summed E-state index contributed by atoms with van der Waals surface area (Å²) in [6.07, 6.45) is 2.37. The lowest BCUT2D eigenvalue weighted by Gasteiger charge is -2.21. The van der Waals surface area contributed by atoms with E-state index in [1.54, 1.807) is 24.2 Å². The molecule has 0 saturated carbocycles. The summed E-state index contributed by atoms with van der Waals surface area (Å²) in [5.74, 6) is -1.98. The molecule has 0 bridgehead atoms. The van der Waals surface area contributed by atoms with Gasteiger partial charge in [-0.1, -0.05) is 12.1 Å². The van der Waals surface area contributed by atoms with Gasteiger partial charge in [-0.25, -0.2) is 9.18 Å². The topological polar surface area (TPSA) is 53.4 Å². The highest BCUT2D eigenvalue weighted by molar-refractivity contribution is 5.94. The predicted octanol–water partition coefficient (Wildman–Crippen LogP) is 2.60. The van der Waals surface area contributed by atoms with Crippen LogP contribution >= 0.6 is 0 Å². The van der Waals surface area contributed by atoms with Gasteiger partial charge in [0.1, 0.15) is 11.4 Å². The Morgan fingerprint density at radius 3 is 2.75 bits per heavy atom. The lowest BCUT2D eigenvalue weighted by atomic mass is 10.1. The highest BCUT2D eigenvalue weighted by Crippen LogP contribution is 2.22. The van der Waals surface area contributed by atoms with E-state index >= 15 is 0 Å². The van der Waals surface area contributed by atoms with Crippen LogP contribution in [0.5, 0.6) is 0 Å². The summed E-state index contributed by atoms with van der Waals surface area (Å²) in [5.41, 5.74) is 0.983. The van der Waals surface area contributed by atoms with Crippen LogP contribution < -0.4 is 4.90 Å². The van der Waals surface area contributed by atoms with Crippen LogP contribution in [-0.4, -0.2) is 29.7 Å². The van der Waals surface area contributed by atoms with Gasteiger partial charge in [-0.15, -0.1) is 0 Å². The zero-order chi connectivity index (χ0) is 14.5. The zero-order valence-electron chi connectivity index (χ0n) is 11.1. The Labute approximate surface area is 116 Å². The van der Waals surface area contributed by atoms with Crippen LogP contribution in [0.1, 0.15) is 16.1 Å². The van der Waals surface area contributed by atoms with E-state index in [2.05, 4.69) is 4.98 Å². The minimum absolute atomic E-state index is 0.295. The summed E-state index contributed by atoms with van der Waals surface area (Å²) in [6, 6.07) is 9.89. The molecule has 104 valence electrons. The molecule has 0 unspecified atom stereocenters. The van der Waals surface area contributed by atoms with Gasteiger partial charge in [0.2, 0.25) is 0 Å². The molecule has 2 rings (SSSR count). The van der Waals surface area contributed by atoms with Crippen molar-refractivity contribution >= 4 is 11.7 Å². The molecule has 0 radical (unpaired) electrons. The molecule has 0 amide bonds. The normalized spacial score (nSPS) is 10.3. The number of hydrogen-bond donors (Lipinski definition) is 1. The Bertz CT molecular complexity index is 602. The second-order valence-corrected chi connectivity index (χ2v) is 4.43. The van der Waals surface area contributed by atoms with Crippen LogP contribution in [0.2, 0.25) is 0 Å². The molecule has 5 heteroatoms. The van der Waals surface area contributed by atoms with Gasteiger partial charge >= 0.3 is 5.97 Å². The minimum Gasteiger partial charge on any atom is -0.478 e. The van der Waals surface area contributed by atoms with Crippen LogP contribution in [0.4, 0.5) is 10.1 Å². The number of anilines is 1. The maximum Gasteiger partial charge on any atom is 0.340 e. The standard InChI is InChI=1S/C15H15FN2O2/c1-18(10-8-11-5-2-3-9-17-11)13-7-4-6-12(16)14(13)15(19)20/h2-7,9H,8,10H2,1H3,(H,19,20). The fourth-order valence-corrected chi connectivity index (χ4v) is 1.99. The summed E-state index contributed by atoms with van der Waals surface area (Å²) in [4.78, 5) is 17.1. The molecule has 1 N–H and O–H groups in total. The van der Waals surface area contributed by atoms with Gasteiger partial charge in [0, 0.05) is 31.9 Å². The average molecular weight is 274 g/mol. The van der Waals surface area contributed by atoms with E-state index < -0.39 is 11.8 Å². The number of carbonyl (C=O) groups is 1. The second kappa shape index (κ2) is 6.14. The largest absolute Gasteiger partial charge is 0.478 e. The van der Waals surface area contributed by atoms with Crippen molar-refractivity contribution in [2.75, 3.05) is 18.5 Å². The van der Waals surface area contributed by atoms with Crippen molar-refractivity contribution in [3.63, 3.8) is 0 Å². The molecule has 1 aromatic carbocycles. The van der Waals surface area contributed by atoms with Crippen LogP contribution in [0.15, 0.2) is 42.6 Å². The number of aromatic carboxylic acids is 1. The van der Waals surface area contributed by atoms with Gasteiger partial charge in [-0.2, -0.15) is 0 Å². The first-order chi connectivity index (χ1) is 9.59. The van der Waals surface area contributed by atoms with Crippen LogP contribution in [0.25, 0.3) is 0 Å². The van der Waals surface area contributed by atoms with Gasteiger partial charge < -0.3 is 10.0 Å². The summed E-state index contributed by atoms with van der Waals surface area (Å²) < 4.78 is 13.6. The van der Waals surface area contributed by atoms with Crippen molar-refractivity contribution in [3.05, 3.63) is 59.7 Å². The molecule has 2 aromatic rings. The van der Waals surface area contributed by atoms with Gasteiger partial charge in [-0.05, 0) is 24.3 Å². The number of nitrogens with zero attached hydrogens (tertiary/aromatic N) is 2. The van der Waals surface area contributed by atoms with Gasteiger partial charge in [0.15, 0.2) is 0 Å². The smallest absolute Gasteiger partial charge is 0.340 e. The van der Waals surface area contributed by atoms with E-state index in [1.165, 1.54) is 6.07 Å². The number of carboxylic acid groups (broad SMARTS) is 1. The van der Waals surface area contributed by atoms with Gasteiger partial charge in [0.25, 0.3) is 0 Å². The Morgan fingerprint density at radius 2 is 2.10 bits per heavy atom. The molecule has 0 aliphatic heterocycles. The third kappa shape index (κ3) is 3.12. The fourth-order valence-electron chi connectivity index (χ4n) is 1.99. The Hall–Kier alpha value is -2.43. The van der Waals surface area contributed by atoms with Crippen molar-refractivity contribution in [3.8, 4) is 0 Å². The SMILES string of the molecule is CN(CCc1ccccn1)c1cccc(F)c1C(=O)O. The van der Waals surface area contributed by atoms with Crippen LogP contribution in [-0.2, 0) is 6.42 Å². The van der Waals surface area contributed by atoms with Crippen molar-refractivity contribution in [2.24, 2.45) is 0 Å². The Balaban J connectivity index is 2.15. The molecule has 0 atom stereocenters. The summed E-state index contributed by atoms with van der Waals surface area (Å²) in [5, 5.41) is 9.10. The fraction of sp³-hybridized carbons (Fsp3) is 0.200. The predicted molar refractivity (Wildman–Crippen MR) is 74.6 cm³/mol. The maximum absolute atomic E-state index is 13.6. The molecular weight excluding hydrogens is 259 g/mol. The highest BCUT2D eigenvalue weighted by Gasteiger charge is 2.18. The number of rotatable bonds is 5. The molecule has 20 heavy (non-hydrogen) atoms. The van der Waals surface area contributed by atoms with E-state index in [1.807, 2.05) is 18.2 Å².